The zero-order valence-corrected chi connectivity index (χ0v) is 14.9. The highest BCUT2D eigenvalue weighted by Gasteiger charge is 2.38. The number of allylic oxidation sites excluding steroid dienone is 1. The third-order valence-electron chi connectivity index (χ3n) is 4.08. The molecule has 0 N–H and O–H groups in total. The van der Waals surface area contributed by atoms with E-state index in [0.29, 0.717) is 13.2 Å². The Labute approximate surface area is 150 Å². The summed E-state index contributed by atoms with van der Waals surface area (Å²) in [6.07, 6.45) is 3.67. The second-order valence-corrected chi connectivity index (χ2v) is 6.42. The van der Waals surface area contributed by atoms with Crippen molar-refractivity contribution in [2.24, 2.45) is 5.41 Å². The molecule has 3 heteroatoms. The molecule has 0 heterocycles. The highest BCUT2D eigenvalue weighted by Crippen LogP contribution is 2.35. The van der Waals surface area contributed by atoms with Crippen LogP contribution in [-0.4, -0.2) is 18.6 Å². The Morgan fingerprint density at radius 3 is 1.79 bits per heavy atom. The highest BCUT2D eigenvalue weighted by atomic mass is 35.5. The van der Waals surface area contributed by atoms with Gasteiger partial charge in [-0.2, -0.15) is 0 Å². The van der Waals surface area contributed by atoms with Crippen LogP contribution in [0.15, 0.2) is 73.3 Å². The molecule has 0 aliphatic heterocycles. The van der Waals surface area contributed by atoms with E-state index in [1.807, 2.05) is 60.7 Å². The number of ether oxygens (including phenoxy) is 2. The molecule has 24 heavy (non-hydrogen) atoms. The molecule has 0 bridgehead atoms. The van der Waals surface area contributed by atoms with Gasteiger partial charge in [0.2, 0.25) is 0 Å². The van der Waals surface area contributed by atoms with Crippen molar-refractivity contribution >= 4 is 11.6 Å². The minimum Gasteiger partial charge on any atom is -0.493 e. The van der Waals surface area contributed by atoms with E-state index in [4.69, 9.17) is 21.1 Å². The summed E-state index contributed by atoms with van der Waals surface area (Å²) in [5, 5.41) is -0.232. The highest BCUT2D eigenvalue weighted by molar-refractivity contribution is 6.22. The molecular weight excluding hydrogens is 320 g/mol. The lowest BCUT2D eigenvalue weighted by molar-refractivity contribution is 0.0743. The van der Waals surface area contributed by atoms with Gasteiger partial charge in [-0.15, -0.1) is 18.2 Å². The summed E-state index contributed by atoms with van der Waals surface area (Å²) in [5.74, 6) is 1.68. The Kier molecular flexibility index (Phi) is 7.20. The molecular formula is C21H25ClO2. The van der Waals surface area contributed by atoms with Gasteiger partial charge in [-0.25, -0.2) is 0 Å². The van der Waals surface area contributed by atoms with Crippen LogP contribution in [0, 0.1) is 5.41 Å². The van der Waals surface area contributed by atoms with Crippen molar-refractivity contribution < 1.29 is 9.47 Å². The number of hydrogen-bond donors (Lipinski definition) is 0. The normalized spacial score (nSPS) is 12.4. The third-order valence-corrected chi connectivity index (χ3v) is 4.72. The van der Waals surface area contributed by atoms with E-state index in [1.165, 1.54) is 0 Å². The van der Waals surface area contributed by atoms with Crippen LogP contribution in [0.25, 0.3) is 0 Å². The number of alkyl halides is 1. The molecule has 2 aromatic rings. The summed E-state index contributed by atoms with van der Waals surface area (Å²) in [5.41, 5.74) is -0.330. The van der Waals surface area contributed by atoms with Gasteiger partial charge < -0.3 is 9.47 Å². The molecule has 0 saturated carbocycles. The van der Waals surface area contributed by atoms with Crippen molar-refractivity contribution in [3.05, 3.63) is 73.3 Å². The van der Waals surface area contributed by atoms with Gasteiger partial charge in [-0.3, -0.25) is 0 Å². The molecule has 2 rings (SSSR count). The van der Waals surface area contributed by atoms with Crippen LogP contribution in [0.3, 0.4) is 0 Å². The molecule has 0 radical (unpaired) electrons. The summed E-state index contributed by atoms with van der Waals surface area (Å²) in [6, 6.07) is 19.6. The van der Waals surface area contributed by atoms with Gasteiger partial charge in [0.15, 0.2) is 0 Å². The lowest BCUT2D eigenvalue weighted by Crippen LogP contribution is -2.42. The molecule has 0 aromatic heterocycles. The van der Waals surface area contributed by atoms with Crippen LogP contribution in [0.5, 0.6) is 11.5 Å². The summed E-state index contributed by atoms with van der Waals surface area (Å²) in [4.78, 5) is 0. The summed E-state index contributed by atoms with van der Waals surface area (Å²) >= 11 is 6.62. The van der Waals surface area contributed by atoms with Crippen molar-refractivity contribution in [2.45, 2.75) is 25.1 Å². The van der Waals surface area contributed by atoms with E-state index in [9.17, 15) is 0 Å². The van der Waals surface area contributed by atoms with Crippen molar-refractivity contribution in [3.8, 4) is 11.5 Å². The van der Waals surface area contributed by atoms with Crippen LogP contribution in [-0.2, 0) is 0 Å². The Morgan fingerprint density at radius 2 is 1.42 bits per heavy atom. The molecule has 0 aliphatic carbocycles. The minimum atomic E-state index is -0.330. The first kappa shape index (κ1) is 18.4. The molecule has 0 spiro atoms. The van der Waals surface area contributed by atoms with Gasteiger partial charge in [0.25, 0.3) is 0 Å². The van der Waals surface area contributed by atoms with Crippen LogP contribution >= 0.6 is 11.6 Å². The molecule has 0 amide bonds. The largest absolute Gasteiger partial charge is 0.493 e. The number of hydrogen-bond acceptors (Lipinski definition) is 2. The number of rotatable bonds is 10. The molecule has 2 nitrogen and oxygen atoms in total. The van der Waals surface area contributed by atoms with Crippen molar-refractivity contribution in [1.82, 2.24) is 0 Å². The Morgan fingerprint density at radius 1 is 0.958 bits per heavy atom. The molecule has 0 fully saturated rings. The summed E-state index contributed by atoms with van der Waals surface area (Å²) in [7, 11) is 0. The van der Waals surface area contributed by atoms with Crippen molar-refractivity contribution in [2.75, 3.05) is 13.2 Å². The standard InChI is InChI=1S/C21H25ClO2/c1-3-15-21(20(22)4-2,16-23-18-11-7-5-8-12-18)17-24-19-13-9-6-10-14-19/h4-14,20H,2-3,15-17H2,1H3. The number of benzene rings is 2. The second kappa shape index (κ2) is 9.39. The average Bonchev–Trinajstić information content (AvgIpc) is 2.65. The molecule has 1 unspecified atom stereocenters. The van der Waals surface area contributed by atoms with E-state index in [1.54, 1.807) is 6.08 Å². The number of para-hydroxylation sites is 2. The predicted molar refractivity (Wildman–Crippen MR) is 101 cm³/mol. The maximum Gasteiger partial charge on any atom is 0.119 e. The van der Waals surface area contributed by atoms with Crippen LogP contribution in [0.2, 0.25) is 0 Å². The number of halogens is 1. The van der Waals surface area contributed by atoms with E-state index >= 15 is 0 Å². The Bertz CT molecular complexity index is 554. The Hall–Kier alpha value is -1.93. The smallest absolute Gasteiger partial charge is 0.119 e. The molecule has 0 aliphatic rings. The second-order valence-electron chi connectivity index (χ2n) is 5.95. The third kappa shape index (κ3) is 5.04. The molecule has 0 saturated heterocycles. The summed E-state index contributed by atoms with van der Waals surface area (Å²) in [6.45, 7) is 6.99. The van der Waals surface area contributed by atoms with E-state index < -0.39 is 0 Å². The predicted octanol–water partition coefficient (Wildman–Crippen LogP) is 5.72. The first-order valence-corrected chi connectivity index (χ1v) is 8.76. The van der Waals surface area contributed by atoms with Crippen molar-refractivity contribution in [1.29, 1.82) is 0 Å². The lowest BCUT2D eigenvalue weighted by atomic mass is 9.81. The lowest BCUT2D eigenvalue weighted by Gasteiger charge is -2.36. The molecule has 128 valence electrons. The van der Waals surface area contributed by atoms with Gasteiger partial charge >= 0.3 is 0 Å². The van der Waals surface area contributed by atoms with E-state index in [-0.39, 0.29) is 10.8 Å². The Balaban J connectivity index is 2.13. The van der Waals surface area contributed by atoms with Gasteiger partial charge in [0, 0.05) is 0 Å². The van der Waals surface area contributed by atoms with Gasteiger partial charge in [0.05, 0.1) is 24.0 Å². The monoisotopic (exact) mass is 344 g/mol. The minimum absolute atomic E-state index is 0.232. The fraction of sp³-hybridized carbons (Fsp3) is 0.333. The van der Waals surface area contributed by atoms with E-state index in [0.717, 1.165) is 24.3 Å². The van der Waals surface area contributed by atoms with Gasteiger partial charge in [-0.1, -0.05) is 55.8 Å². The topological polar surface area (TPSA) is 18.5 Å². The maximum atomic E-state index is 6.62. The zero-order chi connectivity index (χ0) is 17.3. The van der Waals surface area contributed by atoms with Gasteiger partial charge in [-0.05, 0) is 30.7 Å². The maximum absolute atomic E-state index is 6.62. The average molecular weight is 345 g/mol. The van der Waals surface area contributed by atoms with Crippen LogP contribution in [0.4, 0.5) is 0 Å². The molecule has 2 aromatic carbocycles. The van der Waals surface area contributed by atoms with Gasteiger partial charge in [0.1, 0.15) is 11.5 Å². The fourth-order valence-electron chi connectivity index (χ4n) is 2.72. The zero-order valence-electron chi connectivity index (χ0n) is 14.2. The quantitative estimate of drug-likeness (QED) is 0.405. The first-order chi connectivity index (χ1) is 11.7. The summed E-state index contributed by atoms with van der Waals surface area (Å²) < 4.78 is 12.0. The van der Waals surface area contributed by atoms with Crippen molar-refractivity contribution in [3.63, 3.8) is 0 Å². The van der Waals surface area contributed by atoms with Crippen LogP contribution < -0.4 is 9.47 Å². The SMILES string of the molecule is C=CC(Cl)C(CCC)(COc1ccccc1)COc1ccccc1. The molecule has 1 atom stereocenters. The fourth-order valence-corrected chi connectivity index (χ4v) is 2.95. The van der Waals surface area contributed by atoms with E-state index in [2.05, 4.69) is 13.5 Å². The first-order valence-electron chi connectivity index (χ1n) is 8.32. The van der Waals surface area contributed by atoms with Crippen LogP contribution in [0.1, 0.15) is 19.8 Å².